The number of hydrogen-bond acceptors (Lipinski definition) is 3. The zero-order valence-electron chi connectivity index (χ0n) is 9.67. The number of nitro benzene ring substituents is 1. The number of carbonyl (C=O) groups is 1. The largest absolute Gasteiger partial charge is 0.322 e. The molecular formula is C13H9ClN2O3. The van der Waals surface area contributed by atoms with Crippen LogP contribution in [0.25, 0.3) is 0 Å². The van der Waals surface area contributed by atoms with Gasteiger partial charge in [0.2, 0.25) is 0 Å². The van der Waals surface area contributed by atoms with Crippen LogP contribution in [0.5, 0.6) is 0 Å². The first kappa shape index (κ1) is 13.0. The Morgan fingerprint density at radius 1 is 1.16 bits per heavy atom. The highest BCUT2D eigenvalue weighted by Gasteiger charge is 2.08. The van der Waals surface area contributed by atoms with Gasteiger partial charge < -0.3 is 5.32 Å². The Hall–Kier alpha value is -2.40. The molecule has 0 bridgehead atoms. The summed E-state index contributed by atoms with van der Waals surface area (Å²) in [7, 11) is 0. The third-order valence-electron chi connectivity index (χ3n) is 2.42. The number of halogens is 1. The topological polar surface area (TPSA) is 72.2 Å². The van der Waals surface area contributed by atoms with Crippen molar-refractivity contribution in [2.24, 2.45) is 0 Å². The van der Waals surface area contributed by atoms with Crippen LogP contribution in [0.15, 0.2) is 48.5 Å². The summed E-state index contributed by atoms with van der Waals surface area (Å²) in [5.41, 5.74) is 0.877. The summed E-state index contributed by atoms with van der Waals surface area (Å²) in [5.74, 6) is -0.323. The molecule has 0 saturated heterocycles. The number of nitrogens with zero attached hydrogens (tertiary/aromatic N) is 1. The summed E-state index contributed by atoms with van der Waals surface area (Å²) in [6, 6.07) is 12.1. The lowest BCUT2D eigenvalue weighted by atomic mass is 10.2. The molecule has 0 aliphatic rings. The van der Waals surface area contributed by atoms with Crippen molar-refractivity contribution in [3.63, 3.8) is 0 Å². The van der Waals surface area contributed by atoms with Gasteiger partial charge in [0.1, 0.15) is 0 Å². The van der Waals surface area contributed by atoms with Crippen LogP contribution in [-0.2, 0) is 0 Å². The third-order valence-corrected chi connectivity index (χ3v) is 2.66. The van der Waals surface area contributed by atoms with Crippen LogP contribution in [0, 0.1) is 10.1 Å². The van der Waals surface area contributed by atoms with Gasteiger partial charge in [0, 0.05) is 28.4 Å². The Morgan fingerprint density at radius 2 is 1.84 bits per heavy atom. The Morgan fingerprint density at radius 3 is 2.42 bits per heavy atom. The lowest BCUT2D eigenvalue weighted by molar-refractivity contribution is -0.384. The number of non-ortho nitro benzene ring substituents is 1. The second kappa shape index (κ2) is 5.49. The predicted octanol–water partition coefficient (Wildman–Crippen LogP) is 3.50. The van der Waals surface area contributed by atoms with E-state index in [0.29, 0.717) is 16.3 Å². The van der Waals surface area contributed by atoms with Gasteiger partial charge in [-0.15, -0.1) is 0 Å². The van der Waals surface area contributed by atoms with Crippen molar-refractivity contribution in [3.05, 3.63) is 69.2 Å². The van der Waals surface area contributed by atoms with E-state index >= 15 is 0 Å². The zero-order valence-corrected chi connectivity index (χ0v) is 10.4. The SMILES string of the molecule is O=C(Nc1ccc([N+](=O)[O-])cc1)c1cccc(Cl)c1. The van der Waals surface area contributed by atoms with E-state index in [1.165, 1.54) is 24.3 Å². The summed E-state index contributed by atoms with van der Waals surface area (Å²) in [5, 5.41) is 13.6. The van der Waals surface area contributed by atoms with Crippen LogP contribution in [0.4, 0.5) is 11.4 Å². The fraction of sp³-hybridized carbons (Fsp3) is 0. The molecule has 6 heteroatoms. The van der Waals surface area contributed by atoms with E-state index in [1.54, 1.807) is 24.3 Å². The molecule has 1 N–H and O–H groups in total. The van der Waals surface area contributed by atoms with Crippen LogP contribution >= 0.6 is 11.6 Å². The van der Waals surface area contributed by atoms with Crippen LogP contribution in [0.1, 0.15) is 10.4 Å². The molecule has 0 radical (unpaired) electrons. The molecule has 0 unspecified atom stereocenters. The Labute approximate surface area is 114 Å². The molecule has 19 heavy (non-hydrogen) atoms. The molecule has 0 aliphatic heterocycles. The number of anilines is 1. The van der Waals surface area contributed by atoms with E-state index in [0.717, 1.165) is 0 Å². The molecule has 0 fully saturated rings. The first-order valence-electron chi connectivity index (χ1n) is 5.37. The highest BCUT2D eigenvalue weighted by molar-refractivity contribution is 6.31. The molecule has 2 aromatic rings. The summed E-state index contributed by atoms with van der Waals surface area (Å²) in [6.45, 7) is 0. The van der Waals surface area contributed by atoms with Gasteiger partial charge in [0.15, 0.2) is 0 Å². The molecule has 0 saturated carbocycles. The van der Waals surface area contributed by atoms with Gasteiger partial charge in [0.05, 0.1) is 4.92 Å². The Balaban J connectivity index is 2.13. The molecule has 0 spiro atoms. The monoisotopic (exact) mass is 276 g/mol. The third kappa shape index (κ3) is 3.29. The standard InChI is InChI=1S/C13H9ClN2O3/c14-10-3-1-2-9(8-10)13(17)15-11-4-6-12(7-5-11)16(18)19/h1-8H,(H,15,17). The Kier molecular flexibility index (Phi) is 3.77. The van der Waals surface area contributed by atoms with E-state index < -0.39 is 4.92 Å². The highest BCUT2D eigenvalue weighted by atomic mass is 35.5. The normalized spacial score (nSPS) is 9.95. The fourth-order valence-electron chi connectivity index (χ4n) is 1.50. The molecule has 2 rings (SSSR count). The minimum Gasteiger partial charge on any atom is -0.322 e. The molecule has 2 aromatic carbocycles. The number of benzene rings is 2. The minimum atomic E-state index is -0.497. The number of nitrogens with one attached hydrogen (secondary N) is 1. The molecule has 0 aliphatic carbocycles. The lowest BCUT2D eigenvalue weighted by Crippen LogP contribution is -2.11. The maximum atomic E-state index is 11.9. The molecule has 1 amide bonds. The fourth-order valence-corrected chi connectivity index (χ4v) is 1.69. The van der Waals surface area contributed by atoms with Gasteiger partial charge in [-0.3, -0.25) is 14.9 Å². The summed E-state index contributed by atoms with van der Waals surface area (Å²) in [4.78, 5) is 21.9. The summed E-state index contributed by atoms with van der Waals surface area (Å²) in [6.07, 6.45) is 0. The van der Waals surface area contributed by atoms with E-state index in [4.69, 9.17) is 11.6 Å². The summed E-state index contributed by atoms with van der Waals surface area (Å²) >= 11 is 5.79. The average Bonchev–Trinajstić information content (AvgIpc) is 2.39. The van der Waals surface area contributed by atoms with Crippen LogP contribution in [-0.4, -0.2) is 10.8 Å². The van der Waals surface area contributed by atoms with Crippen molar-refractivity contribution in [2.45, 2.75) is 0 Å². The van der Waals surface area contributed by atoms with Crippen LogP contribution in [0.3, 0.4) is 0 Å². The highest BCUT2D eigenvalue weighted by Crippen LogP contribution is 2.17. The number of rotatable bonds is 3. The quantitative estimate of drug-likeness (QED) is 0.689. The van der Waals surface area contributed by atoms with E-state index in [-0.39, 0.29) is 11.6 Å². The molecule has 0 heterocycles. The van der Waals surface area contributed by atoms with Gasteiger partial charge >= 0.3 is 0 Å². The van der Waals surface area contributed by atoms with Crippen molar-refractivity contribution >= 4 is 28.9 Å². The van der Waals surface area contributed by atoms with Crippen LogP contribution < -0.4 is 5.32 Å². The van der Waals surface area contributed by atoms with Crippen molar-refractivity contribution < 1.29 is 9.72 Å². The molecule has 5 nitrogen and oxygen atoms in total. The number of carbonyl (C=O) groups excluding carboxylic acids is 1. The molecular weight excluding hydrogens is 268 g/mol. The average molecular weight is 277 g/mol. The second-order valence-electron chi connectivity index (χ2n) is 3.77. The lowest BCUT2D eigenvalue weighted by Gasteiger charge is -2.05. The van der Waals surface area contributed by atoms with Gasteiger partial charge in [-0.25, -0.2) is 0 Å². The van der Waals surface area contributed by atoms with Gasteiger partial charge in [-0.1, -0.05) is 17.7 Å². The smallest absolute Gasteiger partial charge is 0.269 e. The van der Waals surface area contributed by atoms with Gasteiger partial charge in [-0.05, 0) is 30.3 Å². The number of nitro groups is 1. The first-order chi connectivity index (χ1) is 9.06. The maximum absolute atomic E-state index is 11.9. The van der Waals surface area contributed by atoms with Crippen LogP contribution in [0.2, 0.25) is 5.02 Å². The van der Waals surface area contributed by atoms with Gasteiger partial charge in [-0.2, -0.15) is 0 Å². The van der Waals surface area contributed by atoms with E-state index in [9.17, 15) is 14.9 Å². The summed E-state index contributed by atoms with van der Waals surface area (Å²) < 4.78 is 0. The zero-order chi connectivity index (χ0) is 13.8. The molecule has 96 valence electrons. The van der Waals surface area contributed by atoms with E-state index in [1.807, 2.05) is 0 Å². The molecule has 0 atom stereocenters. The number of amides is 1. The van der Waals surface area contributed by atoms with Crippen molar-refractivity contribution in [2.75, 3.05) is 5.32 Å². The Bertz CT molecular complexity index is 626. The number of hydrogen-bond donors (Lipinski definition) is 1. The molecule has 0 aromatic heterocycles. The van der Waals surface area contributed by atoms with Crippen molar-refractivity contribution in [3.8, 4) is 0 Å². The van der Waals surface area contributed by atoms with Gasteiger partial charge in [0.25, 0.3) is 11.6 Å². The predicted molar refractivity (Wildman–Crippen MR) is 72.5 cm³/mol. The first-order valence-corrected chi connectivity index (χ1v) is 5.75. The van der Waals surface area contributed by atoms with Crippen molar-refractivity contribution in [1.82, 2.24) is 0 Å². The second-order valence-corrected chi connectivity index (χ2v) is 4.20. The maximum Gasteiger partial charge on any atom is 0.269 e. The minimum absolute atomic E-state index is 0.0271. The van der Waals surface area contributed by atoms with Crippen molar-refractivity contribution in [1.29, 1.82) is 0 Å². The van der Waals surface area contributed by atoms with E-state index in [2.05, 4.69) is 5.32 Å².